The number of aliphatic imine (C=N–C) groups is 1. The molecule has 0 saturated heterocycles. The monoisotopic (exact) mass is 343 g/mol. The summed E-state index contributed by atoms with van der Waals surface area (Å²) in [6.45, 7) is 10.2. The summed E-state index contributed by atoms with van der Waals surface area (Å²) in [7, 11) is 1.77. The standard InChI is InChI=1S/C20H29N3S/c1-6-9-11-17(8-3)20-18(15-21-5)16(4)22-19(23-20)12-10-14-24-13-7-2/h6,8-9,11,15H,3,7,10,12-14H2,1-2,4-5H3/b9-6-,17-11+,21-15-. The maximum atomic E-state index is 4.81. The minimum absolute atomic E-state index is 0.904. The minimum atomic E-state index is 0.904. The van der Waals surface area contributed by atoms with Gasteiger partial charge < -0.3 is 0 Å². The van der Waals surface area contributed by atoms with Crippen molar-refractivity contribution in [2.45, 2.75) is 40.0 Å². The van der Waals surface area contributed by atoms with Crippen LogP contribution in [0.2, 0.25) is 0 Å². The van der Waals surface area contributed by atoms with E-state index < -0.39 is 0 Å². The first-order chi connectivity index (χ1) is 11.7. The molecule has 0 radical (unpaired) electrons. The molecule has 1 rings (SSSR count). The molecule has 0 aromatic carbocycles. The van der Waals surface area contributed by atoms with Crippen molar-refractivity contribution in [2.75, 3.05) is 18.6 Å². The highest BCUT2D eigenvalue weighted by molar-refractivity contribution is 7.99. The van der Waals surface area contributed by atoms with Gasteiger partial charge in [-0.05, 0) is 38.2 Å². The summed E-state index contributed by atoms with van der Waals surface area (Å²) >= 11 is 2.00. The zero-order chi connectivity index (χ0) is 17.8. The average molecular weight is 344 g/mol. The van der Waals surface area contributed by atoms with Crippen molar-refractivity contribution in [1.82, 2.24) is 9.97 Å². The van der Waals surface area contributed by atoms with Gasteiger partial charge in [0.1, 0.15) is 5.82 Å². The first kappa shape index (κ1) is 20.4. The molecule has 0 aliphatic carbocycles. The number of allylic oxidation sites excluding steroid dienone is 5. The first-order valence-corrected chi connectivity index (χ1v) is 9.66. The lowest BCUT2D eigenvalue weighted by atomic mass is 10.0. The van der Waals surface area contributed by atoms with E-state index >= 15 is 0 Å². The highest BCUT2D eigenvalue weighted by atomic mass is 32.2. The highest BCUT2D eigenvalue weighted by Gasteiger charge is 2.12. The summed E-state index contributed by atoms with van der Waals surface area (Å²) in [5, 5.41) is 0. The Kier molecular flexibility index (Phi) is 10.0. The van der Waals surface area contributed by atoms with Crippen LogP contribution in [-0.2, 0) is 6.42 Å². The predicted molar refractivity (Wildman–Crippen MR) is 109 cm³/mol. The SMILES string of the molecule is C=C/C(=C\C=C/C)c1nc(CCCSCCC)nc(C)c1/C=N\C. The van der Waals surface area contributed by atoms with E-state index in [4.69, 9.17) is 4.98 Å². The molecule has 130 valence electrons. The van der Waals surface area contributed by atoms with Crippen LogP contribution in [0.5, 0.6) is 0 Å². The van der Waals surface area contributed by atoms with E-state index in [0.717, 1.165) is 46.9 Å². The fourth-order valence-corrected chi connectivity index (χ4v) is 3.12. The highest BCUT2D eigenvalue weighted by Crippen LogP contribution is 2.20. The number of hydrogen-bond donors (Lipinski definition) is 0. The zero-order valence-corrected chi connectivity index (χ0v) is 16.2. The fourth-order valence-electron chi connectivity index (χ4n) is 2.28. The van der Waals surface area contributed by atoms with Crippen LogP contribution in [0.15, 0.2) is 35.9 Å². The molecular weight excluding hydrogens is 314 g/mol. The Balaban J connectivity index is 3.11. The summed E-state index contributed by atoms with van der Waals surface area (Å²) < 4.78 is 0. The Morgan fingerprint density at radius 2 is 2.08 bits per heavy atom. The van der Waals surface area contributed by atoms with Crippen molar-refractivity contribution in [1.29, 1.82) is 0 Å². The Labute approximate surface area is 151 Å². The van der Waals surface area contributed by atoms with Crippen LogP contribution >= 0.6 is 11.8 Å². The number of hydrogen-bond acceptors (Lipinski definition) is 4. The molecule has 0 spiro atoms. The van der Waals surface area contributed by atoms with Crippen molar-refractivity contribution in [3.8, 4) is 0 Å². The Bertz CT molecular complexity index is 616. The second kappa shape index (κ2) is 11.8. The summed E-state index contributed by atoms with van der Waals surface area (Å²) in [5.74, 6) is 3.29. The molecule has 1 aromatic heterocycles. The van der Waals surface area contributed by atoms with Crippen LogP contribution in [-0.4, -0.2) is 34.7 Å². The van der Waals surface area contributed by atoms with Gasteiger partial charge in [0.25, 0.3) is 0 Å². The normalized spacial score (nSPS) is 12.4. The van der Waals surface area contributed by atoms with Gasteiger partial charge in [-0.25, -0.2) is 9.97 Å². The molecule has 0 N–H and O–H groups in total. The molecule has 1 heterocycles. The van der Waals surface area contributed by atoms with Gasteiger partial charge in [0.05, 0.1) is 11.4 Å². The molecule has 0 bridgehead atoms. The molecule has 0 aliphatic rings. The third kappa shape index (κ3) is 6.44. The van der Waals surface area contributed by atoms with Gasteiger partial charge in [0.2, 0.25) is 0 Å². The lowest BCUT2D eigenvalue weighted by molar-refractivity contribution is 0.826. The van der Waals surface area contributed by atoms with Crippen LogP contribution in [0.25, 0.3) is 5.57 Å². The lowest BCUT2D eigenvalue weighted by Crippen LogP contribution is -2.07. The van der Waals surface area contributed by atoms with Crippen molar-refractivity contribution >= 4 is 23.5 Å². The van der Waals surface area contributed by atoms with Gasteiger partial charge in [0.15, 0.2) is 0 Å². The van der Waals surface area contributed by atoms with E-state index in [1.54, 1.807) is 7.05 Å². The third-order valence-electron chi connectivity index (χ3n) is 3.44. The second-order valence-electron chi connectivity index (χ2n) is 5.44. The van der Waals surface area contributed by atoms with Gasteiger partial charge in [-0.2, -0.15) is 11.8 Å². The quantitative estimate of drug-likeness (QED) is 0.339. The van der Waals surface area contributed by atoms with Crippen LogP contribution in [0.3, 0.4) is 0 Å². The number of aryl methyl sites for hydroxylation is 2. The minimum Gasteiger partial charge on any atom is -0.296 e. The van der Waals surface area contributed by atoms with E-state index in [-0.39, 0.29) is 0 Å². The number of nitrogens with zero attached hydrogens (tertiary/aromatic N) is 3. The predicted octanol–water partition coefficient (Wildman–Crippen LogP) is 5.06. The fraction of sp³-hybridized carbons (Fsp3) is 0.450. The molecule has 0 atom stereocenters. The van der Waals surface area contributed by atoms with Gasteiger partial charge in [-0.3, -0.25) is 4.99 Å². The Morgan fingerprint density at radius 1 is 1.29 bits per heavy atom. The third-order valence-corrected chi connectivity index (χ3v) is 4.71. The lowest BCUT2D eigenvalue weighted by Gasteiger charge is -2.11. The van der Waals surface area contributed by atoms with E-state index in [1.807, 2.05) is 56.1 Å². The first-order valence-electron chi connectivity index (χ1n) is 8.51. The van der Waals surface area contributed by atoms with E-state index in [2.05, 4.69) is 23.5 Å². The molecule has 0 fully saturated rings. The van der Waals surface area contributed by atoms with Gasteiger partial charge in [0, 0.05) is 30.8 Å². The van der Waals surface area contributed by atoms with Crippen molar-refractivity contribution < 1.29 is 0 Å². The molecule has 0 amide bonds. The molecule has 1 aromatic rings. The van der Waals surface area contributed by atoms with E-state index in [1.165, 1.54) is 12.2 Å². The Morgan fingerprint density at radius 3 is 2.71 bits per heavy atom. The summed E-state index contributed by atoms with van der Waals surface area (Å²) in [6, 6.07) is 0. The molecule has 0 unspecified atom stereocenters. The average Bonchev–Trinajstić information content (AvgIpc) is 2.58. The molecule has 3 nitrogen and oxygen atoms in total. The second-order valence-corrected chi connectivity index (χ2v) is 6.67. The maximum absolute atomic E-state index is 4.81. The van der Waals surface area contributed by atoms with Crippen molar-refractivity contribution in [3.05, 3.63) is 53.7 Å². The smallest absolute Gasteiger partial charge is 0.129 e. The van der Waals surface area contributed by atoms with Gasteiger partial charge in [-0.15, -0.1) is 0 Å². The number of thioether (sulfide) groups is 1. The summed E-state index contributed by atoms with van der Waals surface area (Å²) in [4.78, 5) is 13.6. The maximum Gasteiger partial charge on any atom is 0.129 e. The summed E-state index contributed by atoms with van der Waals surface area (Å²) in [6.07, 6.45) is 12.9. The summed E-state index contributed by atoms with van der Waals surface area (Å²) in [5.41, 5.74) is 3.85. The largest absolute Gasteiger partial charge is 0.296 e. The van der Waals surface area contributed by atoms with Crippen molar-refractivity contribution in [3.63, 3.8) is 0 Å². The van der Waals surface area contributed by atoms with E-state index in [9.17, 15) is 0 Å². The topological polar surface area (TPSA) is 38.1 Å². The molecule has 24 heavy (non-hydrogen) atoms. The van der Waals surface area contributed by atoms with E-state index in [0.29, 0.717) is 0 Å². The van der Waals surface area contributed by atoms with Crippen molar-refractivity contribution in [2.24, 2.45) is 4.99 Å². The van der Waals surface area contributed by atoms with Gasteiger partial charge in [-0.1, -0.05) is 37.8 Å². The molecular formula is C20H29N3S. The molecule has 0 aliphatic heterocycles. The van der Waals surface area contributed by atoms with Crippen LogP contribution < -0.4 is 0 Å². The van der Waals surface area contributed by atoms with Gasteiger partial charge >= 0.3 is 0 Å². The van der Waals surface area contributed by atoms with Crippen LogP contribution in [0.1, 0.15) is 49.5 Å². The zero-order valence-electron chi connectivity index (χ0n) is 15.4. The number of rotatable bonds is 10. The Hall–Kier alpha value is -1.68. The van der Waals surface area contributed by atoms with Crippen LogP contribution in [0, 0.1) is 6.92 Å². The molecule has 4 heteroatoms. The van der Waals surface area contributed by atoms with Crippen LogP contribution in [0.4, 0.5) is 0 Å². The molecule has 0 saturated carbocycles. The number of aromatic nitrogens is 2.